The first kappa shape index (κ1) is 28.0. The predicted octanol–water partition coefficient (Wildman–Crippen LogP) is 5.54. The second kappa shape index (κ2) is 11.6. The number of benzene rings is 4. The van der Waals surface area contributed by atoms with Gasteiger partial charge < -0.3 is 20.4 Å². The van der Waals surface area contributed by atoms with Crippen molar-refractivity contribution in [3.63, 3.8) is 0 Å². The maximum absolute atomic E-state index is 12.4. The topological polar surface area (TPSA) is 131 Å². The predicted molar refractivity (Wildman–Crippen MR) is 169 cm³/mol. The monoisotopic (exact) mass is 607 g/mol. The zero-order chi connectivity index (χ0) is 29.9. The number of hydrogen-bond donors (Lipinski definition) is 4. The molecule has 43 heavy (non-hydrogen) atoms. The summed E-state index contributed by atoms with van der Waals surface area (Å²) in [6.45, 7) is 0. The lowest BCUT2D eigenvalue weighted by Gasteiger charge is -2.37. The van der Waals surface area contributed by atoms with Crippen LogP contribution in [0.3, 0.4) is 0 Å². The van der Waals surface area contributed by atoms with Crippen LogP contribution in [0.5, 0.6) is 0 Å². The third kappa shape index (κ3) is 5.31. The van der Waals surface area contributed by atoms with Crippen LogP contribution >= 0.6 is 24.0 Å². The minimum atomic E-state index is -1.47. The largest absolute Gasteiger partial charge is 0.476 e. The molecular formula is C32H25N5O4S2. The summed E-state index contributed by atoms with van der Waals surface area (Å²) in [5, 5.41) is 19.1. The number of ether oxygens (including phenoxy) is 1. The van der Waals surface area contributed by atoms with Crippen LogP contribution in [0.1, 0.15) is 33.5 Å². The number of carboxylic acids is 1. The van der Waals surface area contributed by atoms with Crippen molar-refractivity contribution in [2.24, 2.45) is 10.3 Å². The molecule has 0 bridgehead atoms. The van der Waals surface area contributed by atoms with Gasteiger partial charge in [0.2, 0.25) is 17.2 Å². The van der Waals surface area contributed by atoms with Crippen LogP contribution in [0.15, 0.2) is 131 Å². The van der Waals surface area contributed by atoms with Crippen LogP contribution in [-0.4, -0.2) is 27.7 Å². The second-order valence-corrected chi connectivity index (χ2v) is 11.0. The number of oxime groups is 1. The van der Waals surface area contributed by atoms with Gasteiger partial charge in [0.05, 0.1) is 0 Å². The van der Waals surface area contributed by atoms with Crippen LogP contribution in [0, 0.1) is 0 Å². The van der Waals surface area contributed by atoms with E-state index in [1.54, 1.807) is 0 Å². The molecule has 1 unspecified atom stereocenters. The highest BCUT2D eigenvalue weighted by Gasteiger charge is 2.47. The summed E-state index contributed by atoms with van der Waals surface area (Å²) in [5.41, 5.74) is 10.4. The fraction of sp³-hybridized carbons (Fsp3) is 0.0625. The number of thiol groups is 1. The molecule has 9 nitrogen and oxygen atoms in total. The fourth-order valence-corrected chi connectivity index (χ4v) is 5.78. The number of carbonyl (C=O) groups is 1. The molecule has 5 aromatic rings. The van der Waals surface area contributed by atoms with Crippen molar-refractivity contribution in [2.45, 2.75) is 10.7 Å². The second-order valence-electron chi connectivity index (χ2n) is 9.51. The summed E-state index contributed by atoms with van der Waals surface area (Å²) in [6, 6.07) is 35.7. The molecule has 0 fully saturated rings. The van der Waals surface area contributed by atoms with Gasteiger partial charge in [-0.1, -0.05) is 108 Å². The van der Waals surface area contributed by atoms with Crippen LogP contribution in [0.25, 0.3) is 0 Å². The van der Waals surface area contributed by atoms with Crippen molar-refractivity contribution < 1.29 is 19.5 Å². The van der Waals surface area contributed by atoms with E-state index in [9.17, 15) is 9.90 Å². The number of aliphatic carboxylic acids is 1. The van der Waals surface area contributed by atoms with Crippen molar-refractivity contribution in [3.8, 4) is 0 Å². The average Bonchev–Trinajstić information content (AvgIpc) is 3.67. The smallest absolute Gasteiger partial charge is 0.360 e. The Morgan fingerprint density at radius 3 is 2.09 bits per heavy atom. The Kier molecular flexibility index (Phi) is 7.58. The van der Waals surface area contributed by atoms with Crippen molar-refractivity contribution in [3.05, 3.63) is 154 Å². The molecule has 214 valence electrons. The highest BCUT2D eigenvalue weighted by molar-refractivity contribution is 7.81. The molecule has 1 aromatic heterocycles. The molecular weight excluding hydrogens is 583 g/mol. The van der Waals surface area contributed by atoms with Crippen molar-refractivity contribution >= 4 is 46.7 Å². The first-order chi connectivity index (χ1) is 20.9. The van der Waals surface area contributed by atoms with Gasteiger partial charge in [-0.25, -0.2) is 9.78 Å². The van der Waals surface area contributed by atoms with Gasteiger partial charge in [0, 0.05) is 33.2 Å². The Labute approximate surface area is 256 Å². The third-order valence-corrected chi connectivity index (χ3v) is 7.95. The number of thiazole rings is 1. The molecule has 0 radical (unpaired) electrons. The molecule has 0 aliphatic carbocycles. The summed E-state index contributed by atoms with van der Waals surface area (Å²) in [4.78, 5) is 23.0. The number of rotatable bonds is 9. The summed E-state index contributed by atoms with van der Waals surface area (Å²) >= 11 is 6.06. The van der Waals surface area contributed by atoms with Crippen LogP contribution in [0.2, 0.25) is 0 Å². The lowest BCUT2D eigenvalue weighted by Crippen LogP contribution is -2.39. The first-order valence-electron chi connectivity index (χ1n) is 13.1. The number of carboxylic acid groups (broad SMARTS) is 1. The van der Waals surface area contributed by atoms with E-state index in [2.05, 4.69) is 20.7 Å². The number of nitrogens with two attached hydrogens (primary N) is 1. The highest BCUT2D eigenvalue weighted by Crippen LogP contribution is 2.46. The minimum Gasteiger partial charge on any atom is -0.476 e. The van der Waals surface area contributed by atoms with Gasteiger partial charge in [-0.05, 0) is 12.1 Å². The molecule has 6 rings (SSSR count). The number of nitrogen functional groups attached to an aromatic ring is 1. The van der Waals surface area contributed by atoms with E-state index in [-0.39, 0.29) is 10.8 Å². The third-order valence-electron chi connectivity index (χ3n) is 6.85. The fourth-order valence-electron chi connectivity index (χ4n) is 4.90. The Bertz CT molecular complexity index is 1770. The van der Waals surface area contributed by atoms with Gasteiger partial charge in [-0.2, -0.15) is 0 Å². The number of aromatic nitrogens is 1. The van der Waals surface area contributed by atoms with E-state index < -0.39 is 22.3 Å². The number of hydrogen-bond acceptors (Lipinski definition) is 10. The van der Waals surface area contributed by atoms with Gasteiger partial charge in [-0.3, -0.25) is 5.43 Å². The Balaban J connectivity index is 1.56. The van der Waals surface area contributed by atoms with E-state index in [4.69, 9.17) is 27.9 Å². The van der Waals surface area contributed by atoms with Gasteiger partial charge in [-0.15, -0.1) is 29.1 Å². The van der Waals surface area contributed by atoms with Crippen LogP contribution < -0.4 is 11.2 Å². The van der Waals surface area contributed by atoms with Gasteiger partial charge in [0.1, 0.15) is 5.69 Å². The normalized spacial score (nSPS) is 16.6. The molecule has 1 aliphatic heterocycles. The van der Waals surface area contributed by atoms with E-state index >= 15 is 0 Å². The standard InChI is InChI=1S/C32H25N5O4S2/c33-30-34-26(20-43-30)27(29(38)39)36-41-31(22-14-6-2-7-15-22,23-16-8-3-9-17-23)24-18-10-11-19-25(24)32(42)37-35-28(40-32)21-12-4-1-5-13-21/h1-20,37,42H,(H2,33,34)(H,38,39)/b36-27-. The van der Waals surface area contributed by atoms with Gasteiger partial charge in [0.15, 0.2) is 5.13 Å². The summed E-state index contributed by atoms with van der Waals surface area (Å²) < 4.78 is 6.36. The van der Waals surface area contributed by atoms with Crippen molar-refractivity contribution in [2.75, 3.05) is 5.73 Å². The van der Waals surface area contributed by atoms with Crippen LogP contribution in [-0.2, 0) is 25.0 Å². The van der Waals surface area contributed by atoms with E-state index in [1.807, 2.05) is 115 Å². The number of anilines is 1. The highest BCUT2D eigenvalue weighted by atomic mass is 32.1. The average molecular weight is 608 g/mol. The first-order valence-corrected chi connectivity index (χ1v) is 14.5. The SMILES string of the molecule is Nc1nc(/C(=N/OC(c2ccccc2)(c2ccccc2)c2ccccc2C2(S)NN=C(c3ccccc3)O2)C(=O)O)cs1. The maximum atomic E-state index is 12.4. The molecule has 11 heteroatoms. The van der Waals surface area contributed by atoms with E-state index in [1.165, 1.54) is 5.38 Å². The molecule has 2 heterocycles. The van der Waals surface area contributed by atoms with E-state index in [0.29, 0.717) is 28.2 Å². The lowest BCUT2D eigenvalue weighted by atomic mass is 9.78. The Hall–Kier alpha value is -5.13. The summed E-state index contributed by atoms with van der Waals surface area (Å²) in [7, 11) is 0. The minimum absolute atomic E-state index is 0.0886. The molecule has 0 amide bonds. The molecule has 0 saturated carbocycles. The number of hydrazone groups is 1. The molecule has 4 aromatic carbocycles. The van der Waals surface area contributed by atoms with Crippen LogP contribution in [0.4, 0.5) is 5.13 Å². The number of nitrogens with zero attached hydrogens (tertiary/aromatic N) is 3. The Morgan fingerprint density at radius 1 is 0.930 bits per heavy atom. The Morgan fingerprint density at radius 2 is 1.51 bits per heavy atom. The lowest BCUT2D eigenvalue weighted by molar-refractivity contribution is -0.129. The molecule has 1 aliphatic rings. The molecule has 1 atom stereocenters. The zero-order valence-electron chi connectivity index (χ0n) is 22.5. The quantitative estimate of drug-likeness (QED) is 0.0749. The molecule has 0 saturated heterocycles. The van der Waals surface area contributed by atoms with E-state index in [0.717, 1.165) is 16.9 Å². The van der Waals surface area contributed by atoms with Crippen molar-refractivity contribution in [1.29, 1.82) is 0 Å². The van der Waals surface area contributed by atoms with Gasteiger partial charge in [0.25, 0.3) is 5.06 Å². The maximum Gasteiger partial charge on any atom is 0.360 e. The molecule has 4 N–H and O–H groups in total. The van der Waals surface area contributed by atoms with Crippen molar-refractivity contribution in [1.82, 2.24) is 10.4 Å². The zero-order valence-corrected chi connectivity index (χ0v) is 24.2. The number of nitrogens with one attached hydrogen (secondary N) is 1. The van der Waals surface area contributed by atoms with Gasteiger partial charge >= 0.3 is 5.97 Å². The summed E-state index contributed by atoms with van der Waals surface area (Å²) in [6.07, 6.45) is 0. The summed E-state index contributed by atoms with van der Waals surface area (Å²) in [5.74, 6) is -0.954. The molecule has 0 spiro atoms.